The van der Waals surface area contributed by atoms with Crippen molar-refractivity contribution in [2.45, 2.75) is 19.6 Å². The SMILES string of the molecule is COc1cc(CNCCc2c[nH]c3ccccc23)c(Cl)cc1OCc1ccccc1Cl. The fraction of sp³-hybridized carbons (Fsp3) is 0.200. The lowest BCUT2D eigenvalue weighted by Gasteiger charge is -2.15. The van der Waals surface area contributed by atoms with E-state index in [1.54, 1.807) is 13.2 Å². The van der Waals surface area contributed by atoms with E-state index in [-0.39, 0.29) is 0 Å². The zero-order chi connectivity index (χ0) is 21.6. The van der Waals surface area contributed by atoms with Crippen molar-refractivity contribution in [3.63, 3.8) is 0 Å². The molecule has 0 unspecified atom stereocenters. The van der Waals surface area contributed by atoms with Gasteiger partial charge in [-0.15, -0.1) is 0 Å². The van der Waals surface area contributed by atoms with Gasteiger partial charge in [0, 0.05) is 45.3 Å². The maximum absolute atomic E-state index is 6.52. The highest BCUT2D eigenvalue weighted by Gasteiger charge is 2.12. The van der Waals surface area contributed by atoms with Crippen molar-refractivity contribution in [1.82, 2.24) is 10.3 Å². The number of rotatable bonds is 9. The summed E-state index contributed by atoms with van der Waals surface area (Å²) in [5.41, 5.74) is 4.33. The van der Waals surface area contributed by atoms with E-state index >= 15 is 0 Å². The molecule has 6 heteroatoms. The Morgan fingerprint density at radius 1 is 0.871 bits per heavy atom. The predicted octanol–water partition coefficient (Wildman–Crippen LogP) is 6.39. The molecule has 0 fully saturated rings. The Hall–Kier alpha value is -2.66. The number of H-pyrrole nitrogens is 1. The van der Waals surface area contributed by atoms with E-state index < -0.39 is 0 Å². The minimum atomic E-state index is 0.342. The number of methoxy groups -OCH3 is 1. The molecule has 0 aliphatic carbocycles. The van der Waals surface area contributed by atoms with Crippen LogP contribution in [0, 0.1) is 0 Å². The zero-order valence-electron chi connectivity index (χ0n) is 17.3. The van der Waals surface area contributed by atoms with Gasteiger partial charge >= 0.3 is 0 Å². The summed E-state index contributed by atoms with van der Waals surface area (Å²) in [4.78, 5) is 3.32. The Bertz CT molecular complexity index is 1170. The number of hydrogen-bond donors (Lipinski definition) is 2. The highest BCUT2D eigenvalue weighted by Crippen LogP contribution is 2.34. The van der Waals surface area contributed by atoms with Crippen LogP contribution in [0.3, 0.4) is 0 Å². The first-order valence-electron chi connectivity index (χ1n) is 10.1. The summed E-state index contributed by atoms with van der Waals surface area (Å²) in [6, 6.07) is 19.7. The first-order chi connectivity index (χ1) is 15.2. The summed E-state index contributed by atoms with van der Waals surface area (Å²) in [5, 5.41) is 6.04. The van der Waals surface area contributed by atoms with Crippen molar-refractivity contribution in [3.8, 4) is 11.5 Å². The fourth-order valence-corrected chi connectivity index (χ4v) is 3.95. The van der Waals surface area contributed by atoms with E-state index in [1.807, 2.05) is 36.4 Å². The molecule has 0 amide bonds. The maximum Gasteiger partial charge on any atom is 0.163 e. The molecule has 0 atom stereocenters. The fourth-order valence-electron chi connectivity index (χ4n) is 3.54. The molecule has 4 aromatic rings. The Morgan fingerprint density at radius 2 is 1.68 bits per heavy atom. The molecule has 4 rings (SSSR count). The maximum atomic E-state index is 6.52. The van der Waals surface area contributed by atoms with Crippen LogP contribution in [0.25, 0.3) is 10.9 Å². The minimum absolute atomic E-state index is 0.342. The molecular formula is C25H24Cl2N2O2. The number of para-hydroxylation sites is 1. The van der Waals surface area contributed by atoms with Crippen molar-refractivity contribution in [1.29, 1.82) is 0 Å². The molecule has 0 saturated carbocycles. The Kier molecular flexibility index (Phi) is 7.03. The van der Waals surface area contributed by atoms with Gasteiger partial charge in [0.1, 0.15) is 6.61 Å². The molecule has 0 aliphatic rings. The van der Waals surface area contributed by atoms with Crippen LogP contribution in [0.1, 0.15) is 16.7 Å². The second kappa shape index (κ2) is 10.1. The van der Waals surface area contributed by atoms with Crippen LogP contribution >= 0.6 is 23.2 Å². The second-order valence-electron chi connectivity index (χ2n) is 7.26. The normalized spacial score (nSPS) is 11.1. The van der Waals surface area contributed by atoms with Crippen molar-refractivity contribution in [2.24, 2.45) is 0 Å². The number of fused-ring (bicyclic) bond motifs is 1. The molecule has 0 bridgehead atoms. The summed E-state index contributed by atoms with van der Waals surface area (Å²) >= 11 is 12.7. The molecule has 3 aromatic carbocycles. The molecule has 0 saturated heterocycles. The minimum Gasteiger partial charge on any atom is -0.493 e. The van der Waals surface area contributed by atoms with Crippen LogP contribution in [0.4, 0.5) is 0 Å². The Morgan fingerprint density at radius 3 is 2.52 bits per heavy atom. The third-order valence-corrected chi connectivity index (χ3v) is 5.96. The van der Waals surface area contributed by atoms with Crippen molar-refractivity contribution < 1.29 is 9.47 Å². The third-order valence-electron chi connectivity index (χ3n) is 5.24. The molecule has 0 aliphatic heterocycles. The van der Waals surface area contributed by atoms with Crippen LogP contribution in [-0.4, -0.2) is 18.6 Å². The summed E-state index contributed by atoms with van der Waals surface area (Å²) < 4.78 is 11.5. The first-order valence-corrected chi connectivity index (χ1v) is 10.9. The molecule has 0 spiro atoms. The van der Waals surface area contributed by atoms with Crippen LogP contribution in [0.15, 0.2) is 66.9 Å². The standard InChI is InChI=1S/C25H24Cl2N2O2/c1-30-24-12-19(14-28-11-10-17-15-29-23-9-5-3-7-20(17)23)22(27)13-25(24)31-16-18-6-2-4-8-21(18)26/h2-9,12-13,15,28-29H,10-11,14,16H2,1H3. The molecule has 0 radical (unpaired) electrons. The monoisotopic (exact) mass is 454 g/mol. The van der Waals surface area contributed by atoms with Crippen molar-refractivity contribution >= 4 is 34.1 Å². The lowest BCUT2D eigenvalue weighted by molar-refractivity contribution is 0.284. The molecule has 31 heavy (non-hydrogen) atoms. The summed E-state index contributed by atoms with van der Waals surface area (Å²) in [6.45, 7) is 1.82. The highest BCUT2D eigenvalue weighted by molar-refractivity contribution is 6.31. The molecule has 160 valence electrons. The van der Waals surface area contributed by atoms with Crippen LogP contribution in [0.2, 0.25) is 10.0 Å². The number of benzene rings is 3. The van der Waals surface area contributed by atoms with E-state index in [0.717, 1.165) is 29.6 Å². The van der Waals surface area contributed by atoms with Gasteiger partial charge in [-0.3, -0.25) is 0 Å². The van der Waals surface area contributed by atoms with Gasteiger partial charge in [0.15, 0.2) is 11.5 Å². The van der Waals surface area contributed by atoms with Gasteiger partial charge in [-0.25, -0.2) is 0 Å². The van der Waals surface area contributed by atoms with E-state index in [0.29, 0.717) is 34.7 Å². The van der Waals surface area contributed by atoms with Gasteiger partial charge in [0.25, 0.3) is 0 Å². The third kappa shape index (κ3) is 5.16. The van der Waals surface area contributed by atoms with Crippen molar-refractivity contribution in [3.05, 3.63) is 93.6 Å². The van der Waals surface area contributed by atoms with Gasteiger partial charge < -0.3 is 19.8 Å². The molecule has 2 N–H and O–H groups in total. The van der Waals surface area contributed by atoms with Crippen LogP contribution in [0.5, 0.6) is 11.5 Å². The van der Waals surface area contributed by atoms with E-state index in [9.17, 15) is 0 Å². The Labute approximate surface area is 192 Å². The van der Waals surface area contributed by atoms with Gasteiger partial charge in [-0.2, -0.15) is 0 Å². The number of halogens is 2. The quantitative estimate of drug-likeness (QED) is 0.287. The van der Waals surface area contributed by atoms with E-state index in [1.165, 1.54) is 10.9 Å². The van der Waals surface area contributed by atoms with Gasteiger partial charge in [0.05, 0.1) is 7.11 Å². The lowest BCUT2D eigenvalue weighted by atomic mass is 10.1. The topological polar surface area (TPSA) is 46.3 Å². The molecule has 1 heterocycles. The highest BCUT2D eigenvalue weighted by atomic mass is 35.5. The Balaban J connectivity index is 1.36. The number of aromatic amines is 1. The van der Waals surface area contributed by atoms with E-state index in [2.05, 4.69) is 34.7 Å². The molecular weight excluding hydrogens is 431 g/mol. The van der Waals surface area contributed by atoms with Crippen LogP contribution < -0.4 is 14.8 Å². The van der Waals surface area contributed by atoms with Gasteiger partial charge in [-0.1, -0.05) is 59.6 Å². The summed E-state index contributed by atoms with van der Waals surface area (Å²) in [6.07, 6.45) is 3.01. The van der Waals surface area contributed by atoms with E-state index in [4.69, 9.17) is 32.7 Å². The smallest absolute Gasteiger partial charge is 0.163 e. The summed E-state index contributed by atoms with van der Waals surface area (Å²) in [5.74, 6) is 1.24. The first kappa shape index (κ1) is 21.6. The average molecular weight is 455 g/mol. The predicted molar refractivity (Wildman–Crippen MR) is 127 cm³/mol. The lowest BCUT2D eigenvalue weighted by Crippen LogP contribution is -2.17. The number of aromatic nitrogens is 1. The molecule has 4 nitrogen and oxygen atoms in total. The number of nitrogens with one attached hydrogen (secondary N) is 2. The van der Waals surface area contributed by atoms with Gasteiger partial charge in [-0.05, 0) is 42.3 Å². The van der Waals surface area contributed by atoms with Gasteiger partial charge in [0.2, 0.25) is 0 Å². The second-order valence-corrected chi connectivity index (χ2v) is 8.08. The van der Waals surface area contributed by atoms with Crippen LogP contribution in [-0.2, 0) is 19.6 Å². The van der Waals surface area contributed by atoms with Crippen molar-refractivity contribution in [2.75, 3.05) is 13.7 Å². The number of ether oxygens (including phenoxy) is 2. The summed E-state index contributed by atoms with van der Waals surface area (Å²) in [7, 11) is 1.62. The number of hydrogen-bond acceptors (Lipinski definition) is 3. The molecule has 1 aromatic heterocycles. The average Bonchev–Trinajstić information content (AvgIpc) is 3.20. The largest absolute Gasteiger partial charge is 0.493 e. The zero-order valence-corrected chi connectivity index (χ0v) is 18.8.